The summed E-state index contributed by atoms with van der Waals surface area (Å²) < 4.78 is 0. The van der Waals surface area contributed by atoms with Crippen molar-refractivity contribution < 1.29 is 4.79 Å². The Kier molecular flexibility index (Phi) is 9.30. The quantitative estimate of drug-likeness (QED) is 0.636. The zero-order valence-electron chi connectivity index (χ0n) is 11.3. The molecule has 16 heavy (non-hydrogen) atoms. The van der Waals surface area contributed by atoms with Crippen LogP contribution in [0.4, 0.5) is 0 Å². The van der Waals surface area contributed by atoms with Crippen molar-refractivity contribution in [3.05, 3.63) is 0 Å². The standard InChI is InChI=1S/C13H28N2O/c1-5-9-15-13(16)8-10-14-12(4)7-6-11(2)3/h11-12,14H,5-10H2,1-4H3,(H,15,16). The zero-order chi connectivity index (χ0) is 12.4. The smallest absolute Gasteiger partial charge is 0.221 e. The maximum atomic E-state index is 11.3. The van der Waals surface area contributed by atoms with E-state index in [2.05, 4.69) is 38.3 Å². The van der Waals surface area contributed by atoms with E-state index in [0.717, 1.165) is 25.4 Å². The Morgan fingerprint density at radius 2 is 1.81 bits per heavy atom. The van der Waals surface area contributed by atoms with Crippen molar-refractivity contribution in [1.82, 2.24) is 10.6 Å². The second kappa shape index (κ2) is 9.64. The number of hydrogen-bond acceptors (Lipinski definition) is 2. The molecule has 3 nitrogen and oxygen atoms in total. The average Bonchev–Trinajstić information content (AvgIpc) is 2.23. The molecule has 0 aliphatic heterocycles. The van der Waals surface area contributed by atoms with E-state index >= 15 is 0 Å². The molecule has 1 atom stereocenters. The molecule has 1 amide bonds. The van der Waals surface area contributed by atoms with Crippen molar-refractivity contribution in [2.45, 2.75) is 59.4 Å². The molecule has 0 aliphatic carbocycles. The lowest BCUT2D eigenvalue weighted by Gasteiger charge is -2.14. The van der Waals surface area contributed by atoms with Crippen LogP contribution >= 0.6 is 0 Å². The monoisotopic (exact) mass is 228 g/mol. The lowest BCUT2D eigenvalue weighted by atomic mass is 10.0. The Morgan fingerprint density at radius 1 is 1.12 bits per heavy atom. The number of carbonyl (C=O) groups excluding carboxylic acids is 1. The van der Waals surface area contributed by atoms with Crippen LogP contribution in [0.3, 0.4) is 0 Å². The molecule has 1 unspecified atom stereocenters. The first-order valence-corrected chi connectivity index (χ1v) is 6.56. The molecule has 0 heterocycles. The summed E-state index contributed by atoms with van der Waals surface area (Å²) in [4.78, 5) is 11.3. The minimum absolute atomic E-state index is 0.158. The van der Waals surface area contributed by atoms with Gasteiger partial charge >= 0.3 is 0 Å². The van der Waals surface area contributed by atoms with Crippen LogP contribution in [-0.2, 0) is 4.79 Å². The minimum atomic E-state index is 0.158. The van der Waals surface area contributed by atoms with Gasteiger partial charge < -0.3 is 10.6 Å². The topological polar surface area (TPSA) is 41.1 Å². The second-order valence-corrected chi connectivity index (χ2v) is 4.93. The molecule has 0 radical (unpaired) electrons. The Balaban J connectivity index is 3.39. The number of carbonyl (C=O) groups is 1. The van der Waals surface area contributed by atoms with Crippen LogP contribution in [0.15, 0.2) is 0 Å². The van der Waals surface area contributed by atoms with Gasteiger partial charge in [0.25, 0.3) is 0 Å². The molecule has 3 heteroatoms. The van der Waals surface area contributed by atoms with Crippen molar-refractivity contribution >= 4 is 5.91 Å². The van der Waals surface area contributed by atoms with Crippen LogP contribution in [0, 0.1) is 5.92 Å². The fraction of sp³-hybridized carbons (Fsp3) is 0.923. The van der Waals surface area contributed by atoms with Crippen LogP contribution in [0.25, 0.3) is 0 Å². The van der Waals surface area contributed by atoms with Crippen molar-refractivity contribution in [2.75, 3.05) is 13.1 Å². The highest BCUT2D eigenvalue weighted by Crippen LogP contribution is 2.06. The van der Waals surface area contributed by atoms with Gasteiger partial charge in [0.2, 0.25) is 5.91 Å². The third-order valence-electron chi connectivity index (χ3n) is 2.59. The third kappa shape index (κ3) is 9.97. The maximum absolute atomic E-state index is 11.3. The van der Waals surface area contributed by atoms with Gasteiger partial charge in [-0.15, -0.1) is 0 Å². The van der Waals surface area contributed by atoms with E-state index in [-0.39, 0.29) is 5.91 Å². The summed E-state index contributed by atoms with van der Waals surface area (Å²) in [6.45, 7) is 10.3. The molecule has 0 rings (SSSR count). The van der Waals surface area contributed by atoms with Crippen LogP contribution in [0.5, 0.6) is 0 Å². The highest BCUT2D eigenvalue weighted by Gasteiger charge is 2.04. The molecule has 0 aromatic heterocycles. The van der Waals surface area contributed by atoms with Crippen LogP contribution in [0.1, 0.15) is 53.4 Å². The van der Waals surface area contributed by atoms with Gasteiger partial charge in [0.1, 0.15) is 0 Å². The lowest BCUT2D eigenvalue weighted by molar-refractivity contribution is -0.121. The van der Waals surface area contributed by atoms with Gasteiger partial charge in [0, 0.05) is 25.6 Å². The van der Waals surface area contributed by atoms with E-state index in [1.165, 1.54) is 12.8 Å². The zero-order valence-corrected chi connectivity index (χ0v) is 11.3. The predicted molar refractivity (Wildman–Crippen MR) is 69.5 cm³/mol. The molecular weight excluding hydrogens is 200 g/mol. The number of nitrogens with one attached hydrogen (secondary N) is 2. The molecule has 0 aliphatic rings. The van der Waals surface area contributed by atoms with Crippen LogP contribution in [-0.4, -0.2) is 25.0 Å². The van der Waals surface area contributed by atoms with Gasteiger partial charge in [-0.25, -0.2) is 0 Å². The second-order valence-electron chi connectivity index (χ2n) is 4.93. The molecule has 0 fully saturated rings. The summed E-state index contributed by atoms with van der Waals surface area (Å²) in [5.74, 6) is 0.919. The molecule has 0 bridgehead atoms. The highest BCUT2D eigenvalue weighted by molar-refractivity contribution is 5.75. The number of hydrogen-bond donors (Lipinski definition) is 2. The van der Waals surface area contributed by atoms with Gasteiger partial charge in [-0.3, -0.25) is 4.79 Å². The van der Waals surface area contributed by atoms with Gasteiger partial charge in [-0.1, -0.05) is 20.8 Å². The largest absolute Gasteiger partial charge is 0.356 e. The van der Waals surface area contributed by atoms with Crippen molar-refractivity contribution in [3.8, 4) is 0 Å². The molecule has 0 aromatic rings. The van der Waals surface area contributed by atoms with Crippen molar-refractivity contribution in [2.24, 2.45) is 5.92 Å². The van der Waals surface area contributed by atoms with Gasteiger partial charge in [-0.05, 0) is 32.1 Å². The van der Waals surface area contributed by atoms with Crippen LogP contribution < -0.4 is 10.6 Å². The van der Waals surface area contributed by atoms with Gasteiger partial charge in [0.05, 0.1) is 0 Å². The molecule has 0 spiro atoms. The Bertz CT molecular complexity index is 181. The Morgan fingerprint density at radius 3 is 2.38 bits per heavy atom. The van der Waals surface area contributed by atoms with E-state index in [0.29, 0.717) is 12.5 Å². The first-order valence-electron chi connectivity index (χ1n) is 6.56. The highest BCUT2D eigenvalue weighted by atomic mass is 16.1. The summed E-state index contributed by atoms with van der Waals surface area (Å²) in [5.41, 5.74) is 0. The minimum Gasteiger partial charge on any atom is -0.356 e. The normalized spacial score (nSPS) is 12.8. The first-order chi connectivity index (χ1) is 7.56. The summed E-state index contributed by atoms with van der Waals surface area (Å²) in [5, 5.41) is 6.26. The molecular formula is C13H28N2O. The molecule has 96 valence electrons. The first kappa shape index (κ1) is 15.4. The molecule has 0 saturated carbocycles. The van der Waals surface area contributed by atoms with Gasteiger partial charge in [-0.2, -0.15) is 0 Å². The molecule has 0 aromatic carbocycles. The van der Waals surface area contributed by atoms with E-state index in [4.69, 9.17) is 0 Å². The third-order valence-corrected chi connectivity index (χ3v) is 2.59. The number of rotatable bonds is 9. The van der Waals surface area contributed by atoms with E-state index in [1.807, 2.05) is 0 Å². The fourth-order valence-corrected chi connectivity index (χ4v) is 1.47. The van der Waals surface area contributed by atoms with Gasteiger partial charge in [0.15, 0.2) is 0 Å². The Labute approximate surface area is 100 Å². The summed E-state index contributed by atoms with van der Waals surface area (Å²) in [6.07, 6.45) is 4.03. The summed E-state index contributed by atoms with van der Waals surface area (Å²) in [7, 11) is 0. The van der Waals surface area contributed by atoms with Crippen molar-refractivity contribution in [1.29, 1.82) is 0 Å². The van der Waals surface area contributed by atoms with Crippen molar-refractivity contribution in [3.63, 3.8) is 0 Å². The maximum Gasteiger partial charge on any atom is 0.221 e. The SMILES string of the molecule is CCCNC(=O)CCNC(C)CCC(C)C. The fourth-order valence-electron chi connectivity index (χ4n) is 1.47. The van der Waals surface area contributed by atoms with E-state index in [1.54, 1.807) is 0 Å². The number of amides is 1. The summed E-state index contributed by atoms with van der Waals surface area (Å²) >= 11 is 0. The predicted octanol–water partition coefficient (Wildman–Crippen LogP) is 2.32. The van der Waals surface area contributed by atoms with Crippen LogP contribution in [0.2, 0.25) is 0 Å². The average molecular weight is 228 g/mol. The summed E-state index contributed by atoms with van der Waals surface area (Å²) in [6, 6.07) is 0.515. The lowest BCUT2D eigenvalue weighted by Crippen LogP contribution is -2.32. The molecule has 2 N–H and O–H groups in total. The Hall–Kier alpha value is -0.570. The van der Waals surface area contributed by atoms with E-state index in [9.17, 15) is 4.79 Å². The van der Waals surface area contributed by atoms with E-state index < -0.39 is 0 Å². The molecule has 0 saturated heterocycles.